The van der Waals surface area contributed by atoms with Crippen LogP contribution in [0, 0.1) is 17.2 Å². The number of nitrogens with zero attached hydrogens (tertiary/aromatic N) is 1. The summed E-state index contributed by atoms with van der Waals surface area (Å²) in [6.45, 7) is 9.71. The Labute approximate surface area is 109 Å². The van der Waals surface area contributed by atoms with Gasteiger partial charge in [-0.2, -0.15) is 0 Å². The molecule has 104 valence electrons. The Bertz CT molecular complexity index is 341. The van der Waals surface area contributed by atoms with Gasteiger partial charge in [0.15, 0.2) is 5.96 Å². The molecule has 5 heteroatoms. The van der Waals surface area contributed by atoms with Crippen LogP contribution in [0.5, 0.6) is 0 Å². The van der Waals surface area contributed by atoms with Gasteiger partial charge in [-0.15, -0.1) is 0 Å². The zero-order valence-electron chi connectivity index (χ0n) is 11.9. The van der Waals surface area contributed by atoms with E-state index in [-0.39, 0.29) is 30.4 Å². The Hall–Kier alpha value is -1.10. The highest BCUT2D eigenvalue weighted by molar-refractivity contribution is 6.08. The molecule has 2 atom stereocenters. The van der Waals surface area contributed by atoms with Gasteiger partial charge in [0.25, 0.3) is 5.91 Å². The molecule has 0 saturated carbocycles. The topological polar surface area (TPSA) is 76.4 Å². The maximum atomic E-state index is 12.5. The van der Waals surface area contributed by atoms with Crippen molar-refractivity contribution in [3.05, 3.63) is 0 Å². The highest BCUT2D eigenvalue weighted by Crippen LogP contribution is 2.27. The number of rotatable bonds is 5. The fraction of sp³-hybridized carbons (Fsp3) is 0.846. The van der Waals surface area contributed by atoms with Gasteiger partial charge in [0.1, 0.15) is 5.54 Å². The van der Waals surface area contributed by atoms with Crippen LogP contribution in [0.15, 0.2) is 0 Å². The van der Waals surface area contributed by atoms with E-state index in [4.69, 9.17) is 5.41 Å². The fourth-order valence-electron chi connectivity index (χ4n) is 2.60. The van der Waals surface area contributed by atoms with Gasteiger partial charge in [0, 0.05) is 0 Å². The number of aliphatic hydroxyl groups is 1. The molecule has 0 aromatic heterocycles. The van der Waals surface area contributed by atoms with Crippen molar-refractivity contribution in [2.45, 2.75) is 52.6 Å². The van der Waals surface area contributed by atoms with Crippen LogP contribution in [0.2, 0.25) is 0 Å². The molecule has 1 heterocycles. The predicted octanol–water partition coefficient (Wildman–Crippen LogP) is 1.17. The number of amides is 1. The molecule has 1 unspecified atom stereocenters. The third-order valence-corrected chi connectivity index (χ3v) is 3.43. The lowest BCUT2D eigenvalue weighted by Gasteiger charge is -2.29. The molecule has 0 aliphatic carbocycles. The summed E-state index contributed by atoms with van der Waals surface area (Å²) in [6.07, 6.45) is 0.682. The standard InChI is InChI=1S/C13H25N3O2/c1-8(2)6-13(5)11(18)16(12(14)15-13)10(7-17)9(3)4/h8-10,17H,6-7H2,1-5H3,(H2,14,15)/t10-,13?/m0/s1. The number of carbonyl (C=O) groups is 1. The molecule has 1 aliphatic heterocycles. The number of nitrogens with one attached hydrogen (secondary N) is 2. The monoisotopic (exact) mass is 255 g/mol. The highest BCUT2D eigenvalue weighted by atomic mass is 16.3. The van der Waals surface area contributed by atoms with Gasteiger partial charge < -0.3 is 10.4 Å². The first-order chi connectivity index (χ1) is 8.23. The van der Waals surface area contributed by atoms with Crippen molar-refractivity contribution >= 4 is 11.9 Å². The zero-order chi connectivity index (χ0) is 14.1. The van der Waals surface area contributed by atoms with Crippen LogP contribution < -0.4 is 5.32 Å². The molecule has 0 aromatic rings. The first kappa shape index (κ1) is 15.0. The Morgan fingerprint density at radius 3 is 2.33 bits per heavy atom. The number of guanidine groups is 1. The third-order valence-electron chi connectivity index (χ3n) is 3.43. The van der Waals surface area contributed by atoms with E-state index in [1.54, 1.807) is 0 Å². The molecule has 0 radical (unpaired) electrons. The lowest BCUT2D eigenvalue weighted by Crippen LogP contribution is -2.48. The van der Waals surface area contributed by atoms with Crippen LogP contribution in [0.25, 0.3) is 0 Å². The van der Waals surface area contributed by atoms with Crippen LogP contribution in [-0.4, -0.2) is 40.1 Å². The molecule has 1 aliphatic rings. The van der Waals surface area contributed by atoms with E-state index in [0.29, 0.717) is 12.3 Å². The lowest BCUT2D eigenvalue weighted by molar-refractivity contribution is -0.133. The minimum atomic E-state index is -0.715. The van der Waals surface area contributed by atoms with E-state index >= 15 is 0 Å². The number of hydrogen-bond donors (Lipinski definition) is 3. The Balaban J connectivity index is 2.97. The molecule has 1 fully saturated rings. The second-order valence-corrected chi connectivity index (χ2v) is 6.07. The number of hydrogen-bond acceptors (Lipinski definition) is 3. The van der Waals surface area contributed by atoms with E-state index < -0.39 is 5.54 Å². The average Bonchev–Trinajstić information content (AvgIpc) is 2.41. The second-order valence-electron chi connectivity index (χ2n) is 6.07. The summed E-state index contributed by atoms with van der Waals surface area (Å²) < 4.78 is 0. The van der Waals surface area contributed by atoms with Crippen molar-refractivity contribution in [3.8, 4) is 0 Å². The SMILES string of the molecule is CC(C)CC1(C)NC(=N)N([C@@H](CO)C(C)C)C1=O. The summed E-state index contributed by atoms with van der Waals surface area (Å²) in [5.74, 6) is 0.484. The first-order valence-electron chi connectivity index (χ1n) is 6.54. The Morgan fingerprint density at radius 2 is 1.94 bits per heavy atom. The summed E-state index contributed by atoms with van der Waals surface area (Å²) >= 11 is 0. The van der Waals surface area contributed by atoms with Crippen LogP contribution in [0.1, 0.15) is 41.0 Å². The van der Waals surface area contributed by atoms with E-state index in [9.17, 15) is 9.90 Å². The molecular weight excluding hydrogens is 230 g/mol. The molecule has 1 rings (SSSR count). The van der Waals surface area contributed by atoms with E-state index in [1.807, 2.05) is 20.8 Å². The molecular formula is C13H25N3O2. The van der Waals surface area contributed by atoms with Crippen LogP contribution in [-0.2, 0) is 4.79 Å². The van der Waals surface area contributed by atoms with Crippen LogP contribution in [0.4, 0.5) is 0 Å². The summed E-state index contributed by atoms with van der Waals surface area (Å²) in [6, 6.07) is -0.327. The van der Waals surface area contributed by atoms with Crippen molar-refractivity contribution in [1.29, 1.82) is 5.41 Å². The van der Waals surface area contributed by atoms with Gasteiger partial charge in [-0.3, -0.25) is 15.1 Å². The van der Waals surface area contributed by atoms with Crippen molar-refractivity contribution < 1.29 is 9.90 Å². The number of carbonyl (C=O) groups excluding carboxylic acids is 1. The summed E-state index contributed by atoms with van der Waals surface area (Å²) in [5, 5.41) is 20.4. The molecule has 0 aromatic carbocycles. The molecule has 0 bridgehead atoms. The maximum Gasteiger partial charge on any atom is 0.255 e. The van der Waals surface area contributed by atoms with Gasteiger partial charge >= 0.3 is 0 Å². The number of aliphatic hydroxyl groups excluding tert-OH is 1. The lowest BCUT2D eigenvalue weighted by atomic mass is 9.90. The average molecular weight is 255 g/mol. The molecule has 1 amide bonds. The van der Waals surface area contributed by atoms with Crippen molar-refractivity contribution in [3.63, 3.8) is 0 Å². The van der Waals surface area contributed by atoms with Crippen LogP contribution >= 0.6 is 0 Å². The first-order valence-corrected chi connectivity index (χ1v) is 6.54. The Morgan fingerprint density at radius 1 is 1.39 bits per heavy atom. The molecule has 5 nitrogen and oxygen atoms in total. The van der Waals surface area contributed by atoms with Gasteiger partial charge in [-0.05, 0) is 25.2 Å². The van der Waals surface area contributed by atoms with E-state index in [2.05, 4.69) is 19.2 Å². The summed E-state index contributed by atoms with van der Waals surface area (Å²) in [5.41, 5.74) is -0.715. The van der Waals surface area contributed by atoms with Gasteiger partial charge in [0.2, 0.25) is 0 Å². The molecule has 18 heavy (non-hydrogen) atoms. The van der Waals surface area contributed by atoms with E-state index in [1.165, 1.54) is 4.90 Å². The summed E-state index contributed by atoms with van der Waals surface area (Å²) in [4.78, 5) is 13.9. The largest absolute Gasteiger partial charge is 0.394 e. The van der Waals surface area contributed by atoms with Crippen molar-refractivity contribution in [2.75, 3.05) is 6.61 Å². The maximum absolute atomic E-state index is 12.5. The third kappa shape index (κ3) is 2.66. The minimum Gasteiger partial charge on any atom is -0.394 e. The van der Waals surface area contributed by atoms with Gasteiger partial charge in [-0.1, -0.05) is 27.7 Å². The highest BCUT2D eigenvalue weighted by Gasteiger charge is 2.48. The quantitative estimate of drug-likeness (QED) is 0.690. The minimum absolute atomic E-state index is 0.103. The predicted molar refractivity (Wildman–Crippen MR) is 71.3 cm³/mol. The molecule has 0 spiro atoms. The van der Waals surface area contributed by atoms with Crippen molar-refractivity contribution in [2.24, 2.45) is 11.8 Å². The molecule has 3 N–H and O–H groups in total. The Kier molecular flexibility index (Phi) is 4.37. The summed E-state index contributed by atoms with van der Waals surface area (Å²) in [7, 11) is 0. The van der Waals surface area contributed by atoms with Gasteiger partial charge in [-0.25, -0.2) is 0 Å². The molecule has 1 saturated heterocycles. The zero-order valence-corrected chi connectivity index (χ0v) is 11.9. The fourth-order valence-corrected chi connectivity index (χ4v) is 2.60. The normalized spacial score (nSPS) is 26.1. The second kappa shape index (κ2) is 5.26. The van der Waals surface area contributed by atoms with Gasteiger partial charge in [0.05, 0.1) is 12.6 Å². The smallest absolute Gasteiger partial charge is 0.255 e. The van der Waals surface area contributed by atoms with E-state index in [0.717, 1.165) is 0 Å². The van der Waals surface area contributed by atoms with Crippen molar-refractivity contribution in [1.82, 2.24) is 10.2 Å². The van der Waals surface area contributed by atoms with Crippen LogP contribution in [0.3, 0.4) is 0 Å².